The quantitative estimate of drug-likeness (QED) is 0.173. The van der Waals surface area contributed by atoms with Gasteiger partial charge in [-0.05, 0) is 103 Å². The van der Waals surface area contributed by atoms with E-state index in [4.69, 9.17) is 15.0 Å². The van der Waals surface area contributed by atoms with E-state index in [0.29, 0.717) is 17.6 Å². The van der Waals surface area contributed by atoms with Gasteiger partial charge >= 0.3 is 0 Å². The van der Waals surface area contributed by atoms with Gasteiger partial charge in [-0.1, -0.05) is 206 Å². The van der Waals surface area contributed by atoms with Gasteiger partial charge in [-0.3, -0.25) is 4.57 Å². The van der Waals surface area contributed by atoms with Gasteiger partial charge in [-0.2, -0.15) is 9.97 Å². The molecule has 0 amide bonds. The summed E-state index contributed by atoms with van der Waals surface area (Å²) < 4.78 is 4.72. The van der Waals surface area contributed by atoms with Crippen molar-refractivity contribution < 1.29 is 0 Å². The molecule has 5 nitrogen and oxygen atoms in total. The Balaban J connectivity index is 1.01. The first-order valence-electron chi connectivity index (χ1n) is 25.0. The number of hydrogen-bond donors (Lipinski definition) is 0. The van der Waals surface area contributed by atoms with Crippen LogP contribution < -0.4 is 0 Å². The lowest BCUT2D eigenvalue weighted by Crippen LogP contribution is -2.25. The Bertz CT molecular complexity index is 4570. The molecule has 16 rings (SSSR count). The summed E-state index contributed by atoms with van der Waals surface area (Å²) in [6.45, 7) is 0. The van der Waals surface area contributed by atoms with Crippen molar-refractivity contribution in [1.82, 2.24) is 24.1 Å². The van der Waals surface area contributed by atoms with Crippen molar-refractivity contribution >= 4 is 54.4 Å². The summed E-state index contributed by atoms with van der Waals surface area (Å²) in [6.07, 6.45) is 0. The standard InChI is InChI=1S/C68H41N5/c1-3-19-43(20-4-1)65-69-66(52-29-17-21-42-18-7-8-24-47(42)52)71-67(70-65)73-62-39-35-45(44-34-38-61-54(40-44)50-27-12-16-33-60(50)72(61)46-22-5-2-6-23-46)41-55(62)51-36-37-59-63(64(51)73)53-28-11-15-32-58(53)68(59)56-30-13-9-25-48(56)49-26-10-14-31-57(49)68/h1-41H. The first-order chi connectivity index (χ1) is 36.2. The number of nitrogens with zero attached hydrogens (tertiary/aromatic N) is 5. The van der Waals surface area contributed by atoms with Gasteiger partial charge in [0.25, 0.3) is 0 Å². The van der Waals surface area contributed by atoms with Crippen molar-refractivity contribution in [2.45, 2.75) is 5.41 Å². The Labute approximate surface area is 420 Å². The molecule has 73 heavy (non-hydrogen) atoms. The van der Waals surface area contributed by atoms with Crippen LogP contribution in [0.2, 0.25) is 0 Å². The molecule has 3 aromatic heterocycles. The fourth-order valence-corrected chi connectivity index (χ4v) is 12.8. The summed E-state index contributed by atoms with van der Waals surface area (Å²) in [5.74, 6) is 1.81. The largest absolute Gasteiger partial charge is 0.309 e. The molecule has 0 radical (unpaired) electrons. The summed E-state index contributed by atoms with van der Waals surface area (Å²) in [5, 5.41) is 6.93. The van der Waals surface area contributed by atoms with E-state index in [1.54, 1.807) is 0 Å². The molecule has 3 heterocycles. The fourth-order valence-electron chi connectivity index (χ4n) is 12.8. The Hall–Kier alpha value is -9.71. The molecular formula is C68H41N5. The molecule has 0 N–H and O–H groups in total. The number of aromatic nitrogens is 5. The average molecular weight is 928 g/mol. The van der Waals surface area contributed by atoms with E-state index in [9.17, 15) is 0 Å². The Morgan fingerprint density at radius 3 is 1.58 bits per heavy atom. The lowest BCUT2D eigenvalue weighted by Gasteiger charge is -2.30. The smallest absolute Gasteiger partial charge is 0.238 e. The number of para-hydroxylation sites is 2. The third-order valence-corrected chi connectivity index (χ3v) is 15.8. The molecular weight excluding hydrogens is 887 g/mol. The van der Waals surface area contributed by atoms with Crippen molar-refractivity contribution in [2.24, 2.45) is 0 Å². The second-order valence-corrected chi connectivity index (χ2v) is 19.4. The molecule has 0 saturated heterocycles. The van der Waals surface area contributed by atoms with E-state index >= 15 is 0 Å². The molecule has 0 aliphatic heterocycles. The summed E-state index contributed by atoms with van der Waals surface area (Å²) in [7, 11) is 0. The van der Waals surface area contributed by atoms with Crippen LogP contribution in [0.25, 0.3) is 122 Å². The predicted molar refractivity (Wildman–Crippen MR) is 299 cm³/mol. The minimum Gasteiger partial charge on any atom is -0.309 e. The van der Waals surface area contributed by atoms with Crippen LogP contribution in [0.4, 0.5) is 0 Å². The summed E-state index contributed by atoms with van der Waals surface area (Å²) in [5.41, 5.74) is 19.4. The molecule has 0 atom stereocenters. The highest BCUT2D eigenvalue weighted by atomic mass is 15.2. The third-order valence-electron chi connectivity index (χ3n) is 15.8. The van der Waals surface area contributed by atoms with Crippen molar-refractivity contribution in [3.63, 3.8) is 0 Å². The van der Waals surface area contributed by atoms with Crippen LogP contribution in [0.5, 0.6) is 0 Å². The lowest BCUT2D eigenvalue weighted by atomic mass is 9.70. The van der Waals surface area contributed by atoms with Crippen molar-refractivity contribution in [3.8, 4) is 67.8 Å². The molecule has 5 heteroatoms. The van der Waals surface area contributed by atoms with Gasteiger partial charge in [-0.15, -0.1) is 0 Å². The molecule has 338 valence electrons. The fraction of sp³-hybridized carbons (Fsp3) is 0.0147. The molecule has 0 bridgehead atoms. The van der Waals surface area contributed by atoms with Crippen LogP contribution >= 0.6 is 0 Å². The first kappa shape index (κ1) is 40.1. The topological polar surface area (TPSA) is 48.5 Å². The summed E-state index contributed by atoms with van der Waals surface area (Å²) in [6, 6.07) is 90.4. The minimum atomic E-state index is -0.531. The summed E-state index contributed by atoms with van der Waals surface area (Å²) in [4.78, 5) is 16.4. The molecule has 0 unspecified atom stereocenters. The maximum Gasteiger partial charge on any atom is 0.238 e. The third kappa shape index (κ3) is 5.53. The lowest BCUT2D eigenvalue weighted by molar-refractivity contribution is 0.794. The Morgan fingerprint density at radius 1 is 0.301 bits per heavy atom. The number of hydrogen-bond acceptors (Lipinski definition) is 3. The number of benzene rings is 11. The number of fused-ring (bicyclic) bond motifs is 18. The number of rotatable bonds is 5. The predicted octanol–water partition coefficient (Wildman–Crippen LogP) is 16.6. The van der Waals surface area contributed by atoms with Crippen LogP contribution in [-0.4, -0.2) is 24.1 Å². The van der Waals surface area contributed by atoms with Crippen LogP contribution in [0.15, 0.2) is 249 Å². The zero-order valence-corrected chi connectivity index (χ0v) is 39.4. The van der Waals surface area contributed by atoms with Crippen LogP contribution in [0, 0.1) is 0 Å². The highest BCUT2D eigenvalue weighted by molar-refractivity contribution is 6.18. The van der Waals surface area contributed by atoms with Gasteiger partial charge in [0, 0.05) is 43.9 Å². The van der Waals surface area contributed by atoms with E-state index in [0.717, 1.165) is 60.5 Å². The van der Waals surface area contributed by atoms with E-state index in [2.05, 4.69) is 252 Å². The van der Waals surface area contributed by atoms with Crippen LogP contribution in [0.3, 0.4) is 0 Å². The molecule has 14 aromatic rings. The van der Waals surface area contributed by atoms with E-state index < -0.39 is 5.41 Å². The molecule has 2 aliphatic rings. The molecule has 11 aromatic carbocycles. The van der Waals surface area contributed by atoms with Gasteiger partial charge in [0.1, 0.15) is 0 Å². The minimum absolute atomic E-state index is 0.531. The SMILES string of the molecule is c1ccc(-c2nc(-c3cccc4ccccc34)nc(-n3c4ccc(-c5ccc6c(c5)c5ccccc5n6-c5ccccc5)cc4c4ccc5c(c43)-c3ccccc3C53c4ccccc4-c4ccccc43)n2)cc1. The van der Waals surface area contributed by atoms with Crippen molar-refractivity contribution in [2.75, 3.05) is 0 Å². The summed E-state index contributed by atoms with van der Waals surface area (Å²) >= 11 is 0. The Kier molecular flexibility index (Phi) is 8.31. The monoisotopic (exact) mass is 927 g/mol. The van der Waals surface area contributed by atoms with Crippen LogP contribution in [-0.2, 0) is 5.41 Å². The van der Waals surface area contributed by atoms with Crippen molar-refractivity contribution in [1.29, 1.82) is 0 Å². The Morgan fingerprint density at radius 2 is 0.836 bits per heavy atom. The molecule has 1 spiro atoms. The molecule has 0 saturated carbocycles. The van der Waals surface area contributed by atoms with E-state index in [-0.39, 0.29) is 0 Å². The van der Waals surface area contributed by atoms with Gasteiger partial charge < -0.3 is 4.57 Å². The molecule has 0 fully saturated rings. The maximum absolute atomic E-state index is 5.57. The highest BCUT2D eigenvalue weighted by Crippen LogP contribution is 2.64. The van der Waals surface area contributed by atoms with Gasteiger partial charge in [0.05, 0.1) is 27.5 Å². The second-order valence-electron chi connectivity index (χ2n) is 19.4. The zero-order chi connectivity index (χ0) is 47.8. The zero-order valence-electron chi connectivity index (χ0n) is 39.4. The van der Waals surface area contributed by atoms with Gasteiger partial charge in [-0.25, -0.2) is 4.98 Å². The van der Waals surface area contributed by atoms with E-state index in [1.165, 1.54) is 66.3 Å². The van der Waals surface area contributed by atoms with E-state index in [1.807, 2.05) is 6.07 Å². The van der Waals surface area contributed by atoms with Gasteiger partial charge in [0.2, 0.25) is 5.95 Å². The van der Waals surface area contributed by atoms with Gasteiger partial charge in [0.15, 0.2) is 11.6 Å². The van der Waals surface area contributed by atoms with Crippen molar-refractivity contribution in [3.05, 3.63) is 271 Å². The average Bonchev–Trinajstić information content (AvgIpc) is 4.18. The second kappa shape index (κ2) is 15.1. The highest BCUT2D eigenvalue weighted by Gasteiger charge is 2.52. The first-order valence-corrected chi connectivity index (χ1v) is 25.0. The van der Waals surface area contributed by atoms with Crippen LogP contribution in [0.1, 0.15) is 22.3 Å². The normalized spacial score (nSPS) is 13.0. The molecule has 2 aliphatic carbocycles. The maximum atomic E-state index is 5.57.